The number of rotatable bonds is 8. The molecule has 0 saturated carbocycles. The molecule has 0 unspecified atom stereocenters. The predicted molar refractivity (Wildman–Crippen MR) is 79.2 cm³/mol. The molecule has 0 aliphatic rings. The number of aromatic nitrogens is 4. The highest BCUT2D eigenvalue weighted by molar-refractivity contribution is 5.77. The molecule has 7 nitrogen and oxygen atoms in total. The number of carbonyl (C=O) groups is 1. The Morgan fingerprint density at radius 3 is 2.76 bits per heavy atom. The fourth-order valence-corrected chi connectivity index (χ4v) is 1.90. The van der Waals surface area contributed by atoms with E-state index in [0.29, 0.717) is 12.4 Å². The topological polar surface area (TPSA) is 98.7 Å². The van der Waals surface area contributed by atoms with E-state index in [9.17, 15) is 4.79 Å². The molecule has 0 spiro atoms. The second kappa shape index (κ2) is 8.11. The van der Waals surface area contributed by atoms with E-state index < -0.39 is 0 Å². The Hall–Kier alpha value is -2.28. The molecule has 7 heteroatoms. The Morgan fingerprint density at radius 2 is 2.00 bits per heavy atom. The third-order valence-corrected chi connectivity index (χ3v) is 3.03. The number of nitrogens with one attached hydrogen (secondary N) is 1. The molecule has 1 aromatic carbocycles. The number of unbranched alkanes of at least 4 members (excludes halogenated alkanes) is 2. The number of hydrogen-bond acceptors (Lipinski definition) is 5. The number of aryl methyl sites for hydroxylation is 1. The average molecular weight is 288 g/mol. The van der Waals surface area contributed by atoms with Crippen molar-refractivity contribution in [2.24, 2.45) is 5.73 Å². The Balaban J connectivity index is 1.68. The Morgan fingerprint density at radius 1 is 1.19 bits per heavy atom. The van der Waals surface area contributed by atoms with Gasteiger partial charge in [-0.25, -0.2) is 0 Å². The van der Waals surface area contributed by atoms with E-state index in [1.807, 2.05) is 30.3 Å². The molecular formula is C14H20N6O. The normalized spacial score (nSPS) is 10.5. The first kappa shape index (κ1) is 15.1. The zero-order valence-corrected chi connectivity index (χ0v) is 11.9. The maximum absolute atomic E-state index is 10.9. The summed E-state index contributed by atoms with van der Waals surface area (Å²) < 4.78 is 0. The van der Waals surface area contributed by atoms with Gasteiger partial charge >= 0.3 is 0 Å². The highest BCUT2D eigenvalue weighted by Crippen LogP contribution is 2.11. The van der Waals surface area contributed by atoms with Crippen LogP contribution in [-0.4, -0.2) is 39.2 Å². The molecule has 0 aliphatic heterocycles. The van der Waals surface area contributed by atoms with Gasteiger partial charge in [-0.05, 0) is 24.5 Å². The van der Waals surface area contributed by atoms with E-state index >= 15 is 0 Å². The quantitative estimate of drug-likeness (QED) is 0.692. The SMILES string of the molecule is NCC(=O)NCCCCCn1nnc(-c2ccccc2)n1. The Kier molecular flexibility index (Phi) is 5.83. The first-order valence-corrected chi connectivity index (χ1v) is 7.09. The highest BCUT2D eigenvalue weighted by Gasteiger charge is 2.04. The van der Waals surface area contributed by atoms with Crippen molar-refractivity contribution in [3.05, 3.63) is 30.3 Å². The number of carbonyl (C=O) groups excluding carboxylic acids is 1. The van der Waals surface area contributed by atoms with Crippen LogP contribution in [0.2, 0.25) is 0 Å². The second-order valence-corrected chi connectivity index (χ2v) is 4.69. The number of benzene rings is 1. The summed E-state index contributed by atoms with van der Waals surface area (Å²) in [6.07, 6.45) is 2.86. The van der Waals surface area contributed by atoms with Crippen LogP contribution in [0.25, 0.3) is 11.4 Å². The van der Waals surface area contributed by atoms with Gasteiger partial charge in [-0.15, -0.1) is 10.2 Å². The van der Waals surface area contributed by atoms with Crippen molar-refractivity contribution in [1.29, 1.82) is 0 Å². The van der Waals surface area contributed by atoms with Crippen LogP contribution >= 0.6 is 0 Å². The summed E-state index contributed by atoms with van der Waals surface area (Å²) in [5.41, 5.74) is 6.17. The third-order valence-electron chi connectivity index (χ3n) is 3.03. The van der Waals surface area contributed by atoms with Crippen LogP contribution in [0.1, 0.15) is 19.3 Å². The first-order chi connectivity index (χ1) is 10.3. The minimum atomic E-state index is -0.111. The maximum atomic E-state index is 10.9. The minimum Gasteiger partial charge on any atom is -0.355 e. The molecule has 0 bridgehead atoms. The van der Waals surface area contributed by atoms with Crippen molar-refractivity contribution in [1.82, 2.24) is 25.5 Å². The van der Waals surface area contributed by atoms with Crippen molar-refractivity contribution in [3.63, 3.8) is 0 Å². The first-order valence-electron chi connectivity index (χ1n) is 7.09. The van der Waals surface area contributed by atoms with Crippen LogP contribution in [-0.2, 0) is 11.3 Å². The monoisotopic (exact) mass is 288 g/mol. The number of nitrogens with zero attached hydrogens (tertiary/aromatic N) is 4. The average Bonchev–Trinajstić information content (AvgIpc) is 3.00. The summed E-state index contributed by atoms with van der Waals surface area (Å²) >= 11 is 0. The molecule has 0 atom stereocenters. The molecule has 21 heavy (non-hydrogen) atoms. The van der Waals surface area contributed by atoms with E-state index in [0.717, 1.165) is 31.4 Å². The lowest BCUT2D eigenvalue weighted by atomic mass is 10.2. The van der Waals surface area contributed by atoms with Crippen LogP contribution in [0.3, 0.4) is 0 Å². The van der Waals surface area contributed by atoms with Crippen LogP contribution < -0.4 is 11.1 Å². The Bertz CT molecular complexity index is 554. The molecule has 1 amide bonds. The molecular weight excluding hydrogens is 268 g/mol. The molecule has 1 aromatic heterocycles. The van der Waals surface area contributed by atoms with Gasteiger partial charge in [0.1, 0.15) is 0 Å². The lowest BCUT2D eigenvalue weighted by molar-refractivity contribution is -0.119. The molecule has 1 heterocycles. The van der Waals surface area contributed by atoms with Gasteiger partial charge in [-0.2, -0.15) is 4.80 Å². The van der Waals surface area contributed by atoms with Crippen LogP contribution in [0.4, 0.5) is 0 Å². The molecule has 0 radical (unpaired) electrons. The van der Waals surface area contributed by atoms with Gasteiger partial charge in [0.2, 0.25) is 11.7 Å². The minimum absolute atomic E-state index is 0.0468. The standard InChI is InChI=1S/C14H20N6O/c15-11-13(21)16-9-5-2-6-10-20-18-14(17-19-20)12-7-3-1-4-8-12/h1,3-4,7-8H,2,5-6,9-11,15H2,(H,16,21). The molecule has 0 fully saturated rings. The van der Waals surface area contributed by atoms with Gasteiger partial charge in [0.25, 0.3) is 0 Å². The number of hydrogen-bond donors (Lipinski definition) is 2. The predicted octanol–water partition coefficient (Wildman–Crippen LogP) is 0.585. The van der Waals surface area contributed by atoms with Gasteiger partial charge in [0.15, 0.2) is 0 Å². The van der Waals surface area contributed by atoms with E-state index in [1.54, 1.807) is 4.80 Å². The van der Waals surface area contributed by atoms with E-state index in [4.69, 9.17) is 5.73 Å². The van der Waals surface area contributed by atoms with Crippen molar-refractivity contribution in [2.45, 2.75) is 25.8 Å². The second-order valence-electron chi connectivity index (χ2n) is 4.69. The zero-order chi connectivity index (χ0) is 14.9. The van der Waals surface area contributed by atoms with Gasteiger partial charge < -0.3 is 11.1 Å². The van der Waals surface area contributed by atoms with Gasteiger partial charge in [-0.3, -0.25) is 4.79 Å². The van der Waals surface area contributed by atoms with Crippen LogP contribution in [0, 0.1) is 0 Å². The zero-order valence-electron chi connectivity index (χ0n) is 11.9. The fraction of sp³-hybridized carbons (Fsp3) is 0.429. The van der Waals surface area contributed by atoms with E-state index in [1.165, 1.54) is 0 Å². The lowest BCUT2D eigenvalue weighted by Gasteiger charge is -2.02. The van der Waals surface area contributed by atoms with Gasteiger partial charge in [0, 0.05) is 12.1 Å². The van der Waals surface area contributed by atoms with Gasteiger partial charge in [0.05, 0.1) is 13.1 Å². The number of amides is 1. The summed E-state index contributed by atoms with van der Waals surface area (Å²) in [4.78, 5) is 12.5. The van der Waals surface area contributed by atoms with Crippen LogP contribution in [0.5, 0.6) is 0 Å². The molecule has 112 valence electrons. The summed E-state index contributed by atoms with van der Waals surface area (Å²) in [5, 5.41) is 15.2. The molecule has 2 rings (SSSR count). The van der Waals surface area contributed by atoms with Crippen molar-refractivity contribution in [2.75, 3.05) is 13.1 Å². The molecule has 3 N–H and O–H groups in total. The van der Waals surface area contributed by atoms with E-state index in [2.05, 4.69) is 20.7 Å². The largest absolute Gasteiger partial charge is 0.355 e. The third kappa shape index (κ3) is 4.96. The van der Waals surface area contributed by atoms with E-state index in [-0.39, 0.29) is 12.5 Å². The smallest absolute Gasteiger partial charge is 0.233 e. The van der Waals surface area contributed by atoms with Gasteiger partial charge in [-0.1, -0.05) is 30.3 Å². The molecule has 2 aromatic rings. The van der Waals surface area contributed by atoms with Crippen molar-refractivity contribution >= 4 is 5.91 Å². The summed E-state index contributed by atoms with van der Waals surface area (Å²) in [6, 6.07) is 9.78. The summed E-state index contributed by atoms with van der Waals surface area (Å²) in [5.74, 6) is 0.534. The fourth-order valence-electron chi connectivity index (χ4n) is 1.90. The number of tetrazole rings is 1. The summed E-state index contributed by atoms with van der Waals surface area (Å²) in [6.45, 7) is 1.44. The van der Waals surface area contributed by atoms with Crippen molar-refractivity contribution in [3.8, 4) is 11.4 Å². The highest BCUT2D eigenvalue weighted by atomic mass is 16.1. The lowest BCUT2D eigenvalue weighted by Crippen LogP contribution is -2.30. The maximum Gasteiger partial charge on any atom is 0.233 e. The molecule has 0 aliphatic carbocycles. The summed E-state index contributed by atoms with van der Waals surface area (Å²) in [7, 11) is 0. The Labute approximate surface area is 123 Å². The van der Waals surface area contributed by atoms with Crippen molar-refractivity contribution < 1.29 is 4.79 Å². The number of nitrogens with two attached hydrogens (primary N) is 1. The van der Waals surface area contributed by atoms with Crippen LogP contribution in [0.15, 0.2) is 30.3 Å². The molecule has 0 saturated heterocycles.